The van der Waals surface area contributed by atoms with Gasteiger partial charge in [-0.25, -0.2) is 0 Å². The molecular formula is C12H21N3O4. The van der Waals surface area contributed by atoms with Crippen molar-refractivity contribution >= 4 is 18.2 Å². The topological polar surface area (TPSA) is 87.7 Å². The van der Waals surface area contributed by atoms with Crippen molar-refractivity contribution in [2.75, 3.05) is 39.9 Å². The molecule has 19 heavy (non-hydrogen) atoms. The normalized spacial score (nSPS) is 18.5. The summed E-state index contributed by atoms with van der Waals surface area (Å²) in [4.78, 5) is 35.2. The Kier molecular flexibility index (Phi) is 6.88. The molecule has 0 radical (unpaired) electrons. The highest BCUT2D eigenvalue weighted by Crippen LogP contribution is 2.17. The summed E-state index contributed by atoms with van der Waals surface area (Å²) >= 11 is 0. The number of rotatable bonds is 9. The average Bonchev–Trinajstić information content (AvgIpc) is 2.77. The zero-order chi connectivity index (χ0) is 14.1. The van der Waals surface area contributed by atoms with Crippen LogP contribution >= 0.6 is 0 Å². The third-order valence-electron chi connectivity index (χ3n) is 3.03. The lowest BCUT2D eigenvalue weighted by atomic mass is 10.1. The number of carbonyl (C=O) groups is 3. The van der Waals surface area contributed by atoms with Gasteiger partial charge in [-0.15, -0.1) is 0 Å². The van der Waals surface area contributed by atoms with Gasteiger partial charge in [-0.05, 0) is 6.42 Å². The highest BCUT2D eigenvalue weighted by molar-refractivity contribution is 5.89. The number of hydrogen-bond acceptors (Lipinski definition) is 4. The maximum absolute atomic E-state index is 11.8. The van der Waals surface area contributed by atoms with E-state index < -0.39 is 0 Å². The van der Waals surface area contributed by atoms with Crippen LogP contribution in [0.1, 0.15) is 12.8 Å². The highest BCUT2D eigenvalue weighted by Gasteiger charge is 2.33. The van der Waals surface area contributed by atoms with Crippen LogP contribution in [-0.2, 0) is 19.1 Å². The van der Waals surface area contributed by atoms with E-state index in [1.165, 1.54) is 0 Å². The fraction of sp³-hybridized carbons (Fsp3) is 0.750. The minimum Gasteiger partial charge on any atom is -0.383 e. The molecule has 0 spiro atoms. The van der Waals surface area contributed by atoms with Crippen LogP contribution in [0.3, 0.4) is 0 Å². The van der Waals surface area contributed by atoms with E-state index in [0.717, 1.165) is 0 Å². The van der Waals surface area contributed by atoms with Crippen LogP contribution in [0.4, 0.5) is 0 Å². The molecule has 0 aliphatic carbocycles. The predicted molar refractivity (Wildman–Crippen MR) is 68.3 cm³/mol. The van der Waals surface area contributed by atoms with Crippen LogP contribution in [0.25, 0.3) is 0 Å². The molecule has 1 aliphatic heterocycles. The summed E-state index contributed by atoms with van der Waals surface area (Å²) in [7, 11) is 1.58. The van der Waals surface area contributed by atoms with Gasteiger partial charge in [0.1, 0.15) is 0 Å². The SMILES string of the molecule is COCCN1CC(C(=O)NCCCNC=O)CC1=O. The third-order valence-corrected chi connectivity index (χ3v) is 3.03. The van der Waals surface area contributed by atoms with Gasteiger partial charge in [0, 0.05) is 39.7 Å². The molecule has 0 aromatic carbocycles. The maximum Gasteiger partial charge on any atom is 0.225 e. The van der Waals surface area contributed by atoms with Crippen LogP contribution in [0.15, 0.2) is 0 Å². The second-order valence-electron chi connectivity index (χ2n) is 4.45. The van der Waals surface area contributed by atoms with Gasteiger partial charge >= 0.3 is 0 Å². The zero-order valence-corrected chi connectivity index (χ0v) is 11.2. The Hall–Kier alpha value is -1.63. The first-order valence-electron chi connectivity index (χ1n) is 6.40. The molecule has 1 unspecified atom stereocenters. The van der Waals surface area contributed by atoms with E-state index in [4.69, 9.17) is 4.74 Å². The average molecular weight is 271 g/mol. The summed E-state index contributed by atoms with van der Waals surface area (Å²) < 4.78 is 4.92. The molecule has 1 atom stereocenters. The number of hydrogen-bond donors (Lipinski definition) is 2. The molecule has 1 saturated heterocycles. The Morgan fingerprint density at radius 3 is 3.00 bits per heavy atom. The number of ether oxygens (including phenoxy) is 1. The minimum atomic E-state index is -0.275. The molecular weight excluding hydrogens is 250 g/mol. The molecule has 1 fully saturated rings. The van der Waals surface area contributed by atoms with E-state index >= 15 is 0 Å². The lowest BCUT2D eigenvalue weighted by Gasteiger charge is -2.15. The number of methoxy groups -OCH3 is 1. The lowest BCUT2D eigenvalue weighted by molar-refractivity contribution is -0.129. The van der Waals surface area contributed by atoms with Crippen molar-refractivity contribution in [2.45, 2.75) is 12.8 Å². The van der Waals surface area contributed by atoms with Crippen LogP contribution < -0.4 is 10.6 Å². The molecule has 0 saturated carbocycles. The van der Waals surface area contributed by atoms with Gasteiger partial charge in [0.15, 0.2) is 0 Å². The predicted octanol–water partition coefficient (Wildman–Crippen LogP) is -1.27. The number of amides is 3. The van der Waals surface area contributed by atoms with E-state index in [1.54, 1.807) is 12.0 Å². The summed E-state index contributed by atoms with van der Waals surface area (Å²) in [6.45, 7) is 2.51. The second kappa shape index (κ2) is 8.47. The largest absolute Gasteiger partial charge is 0.383 e. The number of nitrogens with zero attached hydrogens (tertiary/aromatic N) is 1. The van der Waals surface area contributed by atoms with Crippen molar-refractivity contribution in [3.8, 4) is 0 Å². The van der Waals surface area contributed by atoms with Crippen molar-refractivity contribution in [2.24, 2.45) is 5.92 Å². The van der Waals surface area contributed by atoms with Crippen LogP contribution in [0, 0.1) is 5.92 Å². The van der Waals surface area contributed by atoms with Crippen molar-refractivity contribution in [1.29, 1.82) is 0 Å². The molecule has 1 rings (SSSR count). The second-order valence-corrected chi connectivity index (χ2v) is 4.45. The number of carbonyl (C=O) groups excluding carboxylic acids is 3. The molecule has 1 heterocycles. The summed E-state index contributed by atoms with van der Waals surface area (Å²) in [6, 6.07) is 0. The fourth-order valence-corrected chi connectivity index (χ4v) is 1.97. The van der Waals surface area contributed by atoms with Crippen LogP contribution in [0.5, 0.6) is 0 Å². The van der Waals surface area contributed by atoms with Gasteiger partial charge in [-0.3, -0.25) is 14.4 Å². The van der Waals surface area contributed by atoms with E-state index in [9.17, 15) is 14.4 Å². The molecule has 0 aromatic rings. The first-order chi connectivity index (χ1) is 9.19. The smallest absolute Gasteiger partial charge is 0.225 e. The molecule has 1 aliphatic rings. The van der Waals surface area contributed by atoms with Gasteiger partial charge in [0.25, 0.3) is 0 Å². The summed E-state index contributed by atoms with van der Waals surface area (Å²) in [5.41, 5.74) is 0. The Balaban J connectivity index is 2.22. The van der Waals surface area contributed by atoms with E-state index in [0.29, 0.717) is 45.6 Å². The van der Waals surface area contributed by atoms with Crippen molar-refractivity contribution < 1.29 is 19.1 Å². The Morgan fingerprint density at radius 2 is 2.32 bits per heavy atom. The maximum atomic E-state index is 11.8. The van der Waals surface area contributed by atoms with Gasteiger partial charge in [0.2, 0.25) is 18.2 Å². The van der Waals surface area contributed by atoms with Crippen molar-refractivity contribution in [3.05, 3.63) is 0 Å². The van der Waals surface area contributed by atoms with Gasteiger partial charge in [-0.2, -0.15) is 0 Å². The first-order valence-corrected chi connectivity index (χ1v) is 6.40. The standard InChI is InChI=1S/C12H21N3O4/c1-19-6-5-15-8-10(7-11(15)17)12(18)14-4-2-3-13-9-16/h9-10H,2-8H2,1H3,(H,13,16)(H,14,18). The van der Waals surface area contributed by atoms with E-state index in [2.05, 4.69) is 10.6 Å². The van der Waals surface area contributed by atoms with Gasteiger partial charge in [0.05, 0.1) is 12.5 Å². The van der Waals surface area contributed by atoms with Crippen LogP contribution in [-0.4, -0.2) is 63.0 Å². The zero-order valence-electron chi connectivity index (χ0n) is 11.2. The molecule has 2 N–H and O–H groups in total. The van der Waals surface area contributed by atoms with Crippen LogP contribution in [0.2, 0.25) is 0 Å². The van der Waals surface area contributed by atoms with Gasteiger partial charge in [-0.1, -0.05) is 0 Å². The monoisotopic (exact) mass is 271 g/mol. The Bertz CT molecular complexity index is 322. The molecule has 3 amide bonds. The van der Waals surface area contributed by atoms with Crippen molar-refractivity contribution in [1.82, 2.24) is 15.5 Å². The number of nitrogens with one attached hydrogen (secondary N) is 2. The molecule has 108 valence electrons. The Labute approximate surface area is 112 Å². The molecule has 7 heteroatoms. The summed E-state index contributed by atoms with van der Waals surface area (Å²) in [6.07, 6.45) is 1.58. The van der Waals surface area contributed by atoms with Gasteiger partial charge < -0.3 is 20.3 Å². The summed E-state index contributed by atoms with van der Waals surface area (Å²) in [5.74, 6) is -0.373. The molecule has 7 nitrogen and oxygen atoms in total. The quantitative estimate of drug-likeness (QED) is 0.404. The first kappa shape index (κ1) is 15.4. The Morgan fingerprint density at radius 1 is 1.53 bits per heavy atom. The van der Waals surface area contributed by atoms with E-state index in [-0.39, 0.29) is 24.2 Å². The number of likely N-dealkylation sites (tertiary alicyclic amines) is 1. The summed E-state index contributed by atoms with van der Waals surface area (Å²) in [5, 5.41) is 5.30. The van der Waals surface area contributed by atoms with E-state index in [1.807, 2.05) is 0 Å². The van der Waals surface area contributed by atoms with Crippen molar-refractivity contribution in [3.63, 3.8) is 0 Å². The molecule has 0 aromatic heterocycles. The lowest BCUT2D eigenvalue weighted by Crippen LogP contribution is -2.35. The highest BCUT2D eigenvalue weighted by atomic mass is 16.5. The third kappa shape index (κ3) is 5.25. The minimum absolute atomic E-state index is 0.000165. The molecule has 0 bridgehead atoms. The fourth-order valence-electron chi connectivity index (χ4n) is 1.97.